The van der Waals surface area contributed by atoms with E-state index in [9.17, 15) is 4.79 Å². The van der Waals surface area contributed by atoms with Gasteiger partial charge in [-0.15, -0.1) is 0 Å². The van der Waals surface area contributed by atoms with Crippen molar-refractivity contribution in [2.45, 2.75) is 13.3 Å². The summed E-state index contributed by atoms with van der Waals surface area (Å²) in [4.78, 5) is 12.1. The van der Waals surface area contributed by atoms with Crippen molar-refractivity contribution in [1.29, 1.82) is 0 Å². The van der Waals surface area contributed by atoms with Gasteiger partial charge in [-0.05, 0) is 36.6 Å². The number of ketones is 1. The zero-order chi connectivity index (χ0) is 14.4. The van der Waals surface area contributed by atoms with Crippen LogP contribution in [0, 0.1) is 6.92 Å². The molecular formula is C17H18O3. The highest BCUT2D eigenvalue weighted by Gasteiger charge is 2.09. The van der Waals surface area contributed by atoms with E-state index in [0.29, 0.717) is 17.7 Å². The van der Waals surface area contributed by atoms with Gasteiger partial charge in [0.1, 0.15) is 5.75 Å². The Labute approximate surface area is 118 Å². The average molecular weight is 270 g/mol. The summed E-state index contributed by atoms with van der Waals surface area (Å²) < 4.78 is 5.50. The number of Topliss-reactive ketones (excluding diaryl/α,β-unsaturated/α-hetero) is 1. The Morgan fingerprint density at radius 3 is 2.45 bits per heavy atom. The van der Waals surface area contributed by atoms with E-state index >= 15 is 0 Å². The van der Waals surface area contributed by atoms with Gasteiger partial charge >= 0.3 is 0 Å². The fraction of sp³-hybridized carbons (Fsp3) is 0.235. The summed E-state index contributed by atoms with van der Waals surface area (Å²) in [5.41, 5.74) is 2.70. The molecule has 0 saturated carbocycles. The standard InChI is InChI=1S/C17H18O3/c1-13-4-2-3-5-16(13)17(19)12-20-15-8-6-14(7-9-15)10-11-18/h2-9,18H,10-12H2,1H3. The van der Waals surface area contributed by atoms with Crippen LogP contribution in [0.1, 0.15) is 21.5 Å². The summed E-state index contributed by atoms with van der Waals surface area (Å²) in [6.45, 7) is 2.08. The highest BCUT2D eigenvalue weighted by atomic mass is 16.5. The second kappa shape index (κ2) is 6.87. The highest BCUT2D eigenvalue weighted by molar-refractivity contribution is 5.98. The zero-order valence-electron chi connectivity index (χ0n) is 11.5. The van der Waals surface area contributed by atoms with Gasteiger partial charge in [-0.1, -0.05) is 36.4 Å². The molecule has 0 unspecified atom stereocenters. The number of ether oxygens (including phenoxy) is 1. The summed E-state index contributed by atoms with van der Waals surface area (Å²) in [6, 6.07) is 14.9. The monoisotopic (exact) mass is 270 g/mol. The lowest BCUT2D eigenvalue weighted by molar-refractivity contribution is 0.0921. The van der Waals surface area contributed by atoms with Crippen LogP contribution in [0.25, 0.3) is 0 Å². The average Bonchev–Trinajstić information content (AvgIpc) is 2.47. The van der Waals surface area contributed by atoms with E-state index in [-0.39, 0.29) is 19.0 Å². The molecule has 0 aliphatic heterocycles. The second-order valence-corrected chi connectivity index (χ2v) is 4.64. The lowest BCUT2D eigenvalue weighted by Gasteiger charge is -2.08. The summed E-state index contributed by atoms with van der Waals surface area (Å²) >= 11 is 0. The SMILES string of the molecule is Cc1ccccc1C(=O)COc1ccc(CCO)cc1. The molecule has 0 spiro atoms. The van der Waals surface area contributed by atoms with Crippen molar-refractivity contribution in [3.8, 4) is 5.75 Å². The number of carbonyl (C=O) groups is 1. The molecule has 0 saturated heterocycles. The maximum atomic E-state index is 12.1. The third-order valence-corrected chi connectivity index (χ3v) is 3.14. The Balaban J connectivity index is 1.95. The number of benzene rings is 2. The minimum atomic E-state index is -0.0254. The molecule has 20 heavy (non-hydrogen) atoms. The largest absolute Gasteiger partial charge is 0.485 e. The third-order valence-electron chi connectivity index (χ3n) is 3.14. The zero-order valence-corrected chi connectivity index (χ0v) is 11.5. The molecule has 0 radical (unpaired) electrons. The molecule has 0 bridgehead atoms. The molecule has 0 atom stereocenters. The van der Waals surface area contributed by atoms with Gasteiger partial charge in [0.15, 0.2) is 12.4 Å². The third kappa shape index (κ3) is 3.68. The van der Waals surface area contributed by atoms with E-state index in [4.69, 9.17) is 9.84 Å². The first-order chi connectivity index (χ1) is 9.70. The maximum Gasteiger partial charge on any atom is 0.200 e. The Morgan fingerprint density at radius 2 is 1.80 bits per heavy atom. The van der Waals surface area contributed by atoms with E-state index in [0.717, 1.165) is 11.1 Å². The Kier molecular flexibility index (Phi) is 4.91. The van der Waals surface area contributed by atoms with Gasteiger partial charge in [-0.3, -0.25) is 4.79 Å². The smallest absolute Gasteiger partial charge is 0.200 e. The summed E-state index contributed by atoms with van der Waals surface area (Å²) in [5.74, 6) is 0.635. The van der Waals surface area contributed by atoms with E-state index in [2.05, 4.69) is 0 Å². The number of hydrogen-bond acceptors (Lipinski definition) is 3. The number of aryl methyl sites for hydroxylation is 1. The molecule has 0 aromatic heterocycles. The molecule has 0 heterocycles. The number of rotatable bonds is 6. The van der Waals surface area contributed by atoms with Crippen LogP contribution in [0.15, 0.2) is 48.5 Å². The lowest BCUT2D eigenvalue weighted by Crippen LogP contribution is -2.12. The summed E-state index contributed by atoms with van der Waals surface area (Å²) in [5, 5.41) is 8.84. The molecule has 2 rings (SSSR count). The summed E-state index contributed by atoms with van der Waals surface area (Å²) in [7, 11) is 0. The Bertz CT molecular complexity index is 573. The fourth-order valence-corrected chi connectivity index (χ4v) is 1.99. The van der Waals surface area contributed by atoms with Crippen LogP contribution in [-0.2, 0) is 6.42 Å². The maximum absolute atomic E-state index is 12.1. The predicted molar refractivity (Wildman–Crippen MR) is 78.2 cm³/mol. The van der Waals surface area contributed by atoms with Crippen LogP contribution < -0.4 is 4.74 Å². The van der Waals surface area contributed by atoms with Gasteiger partial charge < -0.3 is 9.84 Å². The minimum Gasteiger partial charge on any atom is -0.485 e. The van der Waals surface area contributed by atoms with Crippen molar-refractivity contribution < 1.29 is 14.6 Å². The van der Waals surface area contributed by atoms with Crippen molar-refractivity contribution in [2.24, 2.45) is 0 Å². The highest BCUT2D eigenvalue weighted by Crippen LogP contribution is 2.14. The molecule has 3 nitrogen and oxygen atoms in total. The van der Waals surface area contributed by atoms with Gasteiger partial charge in [-0.25, -0.2) is 0 Å². The van der Waals surface area contributed by atoms with Crippen molar-refractivity contribution in [2.75, 3.05) is 13.2 Å². The minimum absolute atomic E-state index is 0.0254. The predicted octanol–water partition coefficient (Wildman–Crippen LogP) is 2.79. The van der Waals surface area contributed by atoms with Crippen LogP contribution in [-0.4, -0.2) is 24.1 Å². The molecule has 104 valence electrons. The quantitative estimate of drug-likeness (QED) is 0.821. The van der Waals surface area contributed by atoms with Crippen molar-refractivity contribution in [3.05, 3.63) is 65.2 Å². The first-order valence-corrected chi connectivity index (χ1v) is 6.62. The van der Waals surface area contributed by atoms with Gasteiger partial charge in [0.05, 0.1) is 0 Å². The van der Waals surface area contributed by atoms with Crippen LogP contribution in [0.3, 0.4) is 0 Å². The number of carbonyl (C=O) groups excluding carboxylic acids is 1. The molecule has 2 aromatic carbocycles. The van der Waals surface area contributed by atoms with Gasteiger partial charge in [0.25, 0.3) is 0 Å². The molecule has 3 heteroatoms. The van der Waals surface area contributed by atoms with Crippen LogP contribution >= 0.6 is 0 Å². The van der Waals surface area contributed by atoms with Crippen LogP contribution in [0.4, 0.5) is 0 Å². The first kappa shape index (κ1) is 14.3. The molecule has 2 aromatic rings. The molecule has 0 amide bonds. The van der Waals surface area contributed by atoms with Gasteiger partial charge in [0, 0.05) is 12.2 Å². The van der Waals surface area contributed by atoms with Gasteiger partial charge in [0.2, 0.25) is 0 Å². The van der Waals surface area contributed by atoms with Crippen molar-refractivity contribution in [3.63, 3.8) is 0 Å². The first-order valence-electron chi connectivity index (χ1n) is 6.62. The van der Waals surface area contributed by atoms with E-state index in [1.807, 2.05) is 55.5 Å². The Morgan fingerprint density at radius 1 is 1.10 bits per heavy atom. The van der Waals surface area contributed by atoms with E-state index < -0.39 is 0 Å². The van der Waals surface area contributed by atoms with Gasteiger partial charge in [-0.2, -0.15) is 0 Å². The molecule has 1 N–H and O–H groups in total. The lowest BCUT2D eigenvalue weighted by atomic mass is 10.1. The Hall–Kier alpha value is -2.13. The van der Waals surface area contributed by atoms with E-state index in [1.54, 1.807) is 0 Å². The topological polar surface area (TPSA) is 46.5 Å². The summed E-state index contributed by atoms with van der Waals surface area (Å²) in [6.07, 6.45) is 0.627. The molecule has 0 aliphatic carbocycles. The molecular weight excluding hydrogens is 252 g/mol. The number of hydrogen-bond donors (Lipinski definition) is 1. The second-order valence-electron chi connectivity index (χ2n) is 4.64. The van der Waals surface area contributed by atoms with Crippen LogP contribution in [0.5, 0.6) is 5.75 Å². The van der Waals surface area contributed by atoms with Crippen molar-refractivity contribution >= 4 is 5.78 Å². The molecule has 0 aliphatic rings. The number of aliphatic hydroxyl groups excluding tert-OH is 1. The molecule has 0 fully saturated rings. The number of aliphatic hydroxyl groups is 1. The van der Waals surface area contributed by atoms with E-state index in [1.165, 1.54) is 0 Å². The fourth-order valence-electron chi connectivity index (χ4n) is 1.99. The van der Waals surface area contributed by atoms with Crippen molar-refractivity contribution in [1.82, 2.24) is 0 Å². The van der Waals surface area contributed by atoms with Crippen LogP contribution in [0.2, 0.25) is 0 Å². The normalized spacial score (nSPS) is 10.3.